The Morgan fingerprint density at radius 1 is 1.03 bits per heavy atom. The molecule has 0 fully saturated rings. The zero-order chi connectivity index (χ0) is 25.8. The van der Waals surface area contributed by atoms with E-state index >= 15 is 0 Å². The van der Waals surface area contributed by atoms with Crippen molar-refractivity contribution in [1.29, 1.82) is 0 Å². The first kappa shape index (κ1) is 26.3. The molecule has 0 saturated heterocycles. The van der Waals surface area contributed by atoms with E-state index in [1.807, 2.05) is 0 Å². The predicted octanol–water partition coefficient (Wildman–Crippen LogP) is 5.11. The van der Waals surface area contributed by atoms with E-state index < -0.39 is 50.3 Å². The lowest BCUT2D eigenvalue weighted by molar-refractivity contribution is -0.142. The lowest BCUT2D eigenvalue weighted by atomic mass is 10.2. The van der Waals surface area contributed by atoms with Crippen LogP contribution in [-0.2, 0) is 29.9 Å². The summed E-state index contributed by atoms with van der Waals surface area (Å²) in [6.45, 7) is 0. The fraction of sp³-hybridized carbons (Fsp3) is 0.130. The molecular weight excluding hydrogens is 524 g/mol. The number of nitrogens with one attached hydrogen (secondary N) is 1. The molecule has 8 nitrogen and oxygen atoms in total. The van der Waals surface area contributed by atoms with Crippen LogP contribution >= 0.6 is 23.2 Å². The van der Waals surface area contributed by atoms with Gasteiger partial charge in [-0.2, -0.15) is 0 Å². The average molecular weight is 542 g/mol. The van der Waals surface area contributed by atoms with E-state index in [1.54, 1.807) is 0 Å². The molecule has 12 heteroatoms. The number of phenolic OH excluding ortho intramolecular Hbond substituents is 1. The molecule has 35 heavy (non-hydrogen) atoms. The van der Waals surface area contributed by atoms with E-state index in [4.69, 9.17) is 27.9 Å². The van der Waals surface area contributed by atoms with Crippen molar-refractivity contribution < 1.29 is 37.0 Å². The monoisotopic (exact) mass is 541 g/mol. The Kier molecular flexibility index (Phi) is 8.21. The quantitative estimate of drug-likeness (QED) is 0.300. The molecule has 3 aromatic carbocycles. The van der Waals surface area contributed by atoms with Crippen LogP contribution in [0.4, 0.5) is 10.1 Å². The first-order valence-electron chi connectivity index (χ1n) is 9.82. The minimum absolute atomic E-state index is 0.00626. The van der Waals surface area contributed by atoms with Crippen molar-refractivity contribution in [3.63, 3.8) is 0 Å². The number of phenols is 1. The van der Waals surface area contributed by atoms with E-state index in [-0.39, 0.29) is 27.2 Å². The van der Waals surface area contributed by atoms with Gasteiger partial charge in [0.2, 0.25) is 5.91 Å². The number of esters is 1. The maximum atomic E-state index is 13.1. The molecule has 0 aliphatic carbocycles. The van der Waals surface area contributed by atoms with Gasteiger partial charge < -0.3 is 19.9 Å². The predicted molar refractivity (Wildman–Crippen MR) is 127 cm³/mol. The fourth-order valence-corrected chi connectivity index (χ4v) is 4.97. The summed E-state index contributed by atoms with van der Waals surface area (Å²) in [7, 11) is -2.88. The number of amides is 1. The molecule has 0 saturated carbocycles. The standard InChI is InChI=1S/C23H18Cl2FNO7S/c1-33-22(30)11-21(29)27-15-8-17(24)23(18(25)9-15)34-16-6-7-19(28)20(10-16)35(31,32)12-13-2-4-14(26)5-3-13/h2-10,28H,11-12H2,1H3,(H,27,29). The highest BCUT2D eigenvalue weighted by Gasteiger charge is 2.22. The molecule has 0 spiro atoms. The first-order valence-corrected chi connectivity index (χ1v) is 12.2. The Hall–Kier alpha value is -3.34. The fourth-order valence-electron chi connectivity index (χ4n) is 2.94. The molecule has 184 valence electrons. The van der Waals surface area contributed by atoms with Gasteiger partial charge in [-0.25, -0.2) is 12.8 Å². The molecule has 0 atom stereocenters. The lowest BCUT2D eigenvalue weighted by Gasteiger charge is -2.14. The van der Waals surface area contributed by atoms with Crippen molar-refractivity contribution in [2.75, 3.05) is 12.4 Å². The van der Waals surface area contributed by atoms with Crippen LogP contribution in [0.15, 0.2) is 59.5 Å². The Morgan fingerprint density at radius 2 is 1.66 bits per heavy atom. The summed E-state index contributed by atoms with van der Waals surface area (Å²) in [5, 5.41) is 12.6. The number of aromatic hydroxyl groups is 1. The number of rotatable bonds is 8. The summed E-state index contributed by atoms with van der Waals surface area (Å²) in [5.74, 6) is -2.89. The number of ether oxygens (including phenoxy) is 2. The molecule has 0 aliphatic rings. The number of sulfone groups is 1. The van der Waals surface area contributed by atoms with Gasteiger partial charge in [-0.3, -0.25) is 9.59 Å². The number of hydrogen-bond acceptors (Lipinski definition) is 7. The van der Waals surface area contributed by atoms with Crippen molar-refractivity contribution in [2.24, 2.45) is 0 Å². The first-order chi connectivity index (χ1) is 16.5. The van der Waals surface area contributed by atoms with Gasteiger partial charge in [0, 0.05) is 11.8 Å². The summed E-state index contributed by atoms with van der Waals surface area (Å²) < 4.78 is 48.9. The van der Waals surface area contributed by atoms with Crippen molar-refractivity contribution in [3.05, 3.63) is 76.0 Å². The van der Waals surface area contributed by atoms with Crippen LogP contribution < -0.4 is 10.1 Å². The molecule has 0 bridgehead atoms. The maximum absolute atomic E-state index is 13.1. The normalized spacial score (nSPS) is 11.1. The smallest absolute Gasteiger partial charge is 0.315 e. The van der Waals surface area contributed by atoms with Crippen LogP contribution in [0.5, 0.6) is 17.2 Å². The van der Waals surface area contributed by atoms with Gasteiger partial charge >= 0.3 is 5.97 Å². The molecular formula is C23H18Cl2FNO7S. The molecule has 0 unspecified atom stereocenters. The van der Waals surface area contributed by atoms with Gasteiger partial charge in [-0.15, -0.1) is 0 Å². The second-order valence-corrected chi connectivity index (χ2v) is 9.96. The third-order valence-electron chi connectivity index (χ3n) is 4.57. The SMILES string of the molecule is COC(=O)CC(=O)Nc1cc(Cl)c(Oc2ccc(O)c(S(=O)(=O)Cc3ccc(F)cc3)c2)c(Cl)c1. The van der Waals surface area contributed by atoms with Crippen LogP contribution in [0, 0.1) is 5.82 Å². The summed E-state index contributed by atoms with van der Waals surface area (Å²) in [6, 6.07) is 11.1. The van der Waals surface area contributed by atoms with Crippen molar-refractivity contribution in [2.45, 2.75) is 17.1 Å². The summed E-state index contributed by atoms with van der Waals surface area (Å²) >= 11 is 12.5. The number of hydrogen-bond donors (Lipinski definition) is 2. The van der Waals surface area contributed by atoms with Crippen LogP contribution in [0.25, 0.3) is 0 Å². The molecule has 0 aliphatic heterocycles. The second-order valence-electron chi connectivity index (χ2n) is 7.19. The Morgan fingerprint density at radius 3 is 2.26 bits per heavy atom. The van der Waals surface area contributed by atoms with Crippen LogP contribution in [0.1, 0.15) is 12.0 Å². The van der Waals surface area contributed by atoms with Gasteiger partial charge in [0.25, 0.3) is 0 Å². The Bertz CT molecular complexity index is 1360. The number of benzene rings is 3. The van der Waals surface area contributed by atoms with E-state index in [0.29, 0.717) is 5.56 Å². The molecule has 3 rings (SSSR count). The molecule has 2 N–H and O–H groups in total. The average Bonchev–Trinajstić information content (AvgIpc) is 2.78. The number of halogens is 3. The third-order valence-corrected chi connectivity index (χ3v) is 6.84. The van der Waals surface area contributed by atoms with Gasteiger partial charge in [-0.05, 0) is 42.0 Å². The highest BCUT2D eigenvalue weighted by molar-refractivity contribution is 7.90. The number of anilines is 1. The van der Waals surface area contributed by atoms with Crippen molar-refractivity contribution >= 4 is 50.6 Å². The summed E-state index contributed by atoms with van der Waals surface area (Å²) in [4.78, 5) is 22.7. The van der Waals surface area contributed by atoms with Crippen LogP contribution in [0.3, 0.4) is 0 Å². The second kappa shape index (κ2) is 10.9. The van der Waals surface area contributed by atoms with Gasteiger partial charge in [0.1, 0.15) is 28.6 Å². The van der Waals surface area contributed by atoms with E-state index in [1.165, 1.54) is 30.3 Å². The molecule has 0 radical (unpaired) electrons. The van der Waals surface area contributed by atoms with Crippen molar-refractivity contribution in [1.82, 2.24) is 0 Å². The van der Waals surface area contributed by atoms with E-state index in [9.17, 15) is 27.5 Å². The van der Waals surface area contributed by atoms with E-state index in [0.717, 1.165) is 31.4 Å². The van der Waals surface area contributed by atoms with Gasteiger partial charge in [0.15, 0.2) is 15.6 Å². The molecule has 3 aromatic rings. The topological polar surface area (TPSA) is 119 Å². The maximum Gasteiger partial charge on any atom is 0.315 e. The molecule has 1 amide bonds. The zero-order valence-corrected chi connectivity index (χ0v) is 20.4. The third kappa shape index (κ3) is 6.84. The Labute approximate surface area is 210 Å². The zero-order valence-electron chi connectivity index (χ0n) is 18.0. The summed E-state index contributed by atoms with van der Waals surface area (Å²) in [6.07, 6.45) is -0.507. The van der Waals surface area contributed by atoms with Crippen LogP contribution in [-0.4, -0.2) is 32.5 Å². The number of methoxy groups -OCH3 is 1. The largest absolute Gasteiger partial charge is 0.507 e. The highest BCUT2D eigenvalue weighted by atomic mass is 35.5. The molecule has 0 aromatic heterocycles. The highest BCUT2D eigenvalue weighted by Crippen LogP contribution is 2.40. The van der Waals surface area contributed by atoms with E-state index in [2.05, 4.69) is 10.1 Å². The number of carbonyl (C=O) groups excluding carboxylic acids is 2. The minimum Gasteiger partial charge on any atom is -0.507 e. The van der Waals surface area contributed by atoms with Gasteiger partial charge in [-0.1, -0.05) is 35.3 Å². The minimum atomic E-state index is -4.03. The van der Waals surface area contributed by atoms with Gasteiger partial charge in [0.05, 0.1) is 22.9 Å². The van der Waals surface area contributed by atoms with Crippen molar-refractivity contribution in [3.8, 4) is 17.2 Å². The summed E-state index contributed by atoms with van der Waals surface area (Å²) in [5.41, 5.74) is 0.516. The Balaban J connectivity index is 1.83. The lowest BCUT2D eigenvalue weighted by Crippen LogP contribution is -2.17. The van der Waals surface area contributed by atoms with Crippen LogP contribution in [0.2, 0.25) is 10.0 Å². The number of carbonyl (C=O) groups is 2. The molecule has 0 heterocycles.